The van der Waals surface area contributed by atoms with Crippen LogP contribution in [0.4, 0.5) is 0 Å². The number of hydrogen-bond donors (Lipinski definition) is 0. The van der Waals surface area contributed by atoms with Crippen LogP contribution in [0, 0.1) is 0 Å². The predicted molar refractivity (Wildman–Crippen MR) is 53.3 cm³/mol. The number of ether oxygens (including phenoxy) is 4. The van der Waals surface area contributed by atoms with E-state index in [9.17, 15) is 0 Å². The van der Waals surface area contributed by atoms with Gasteiger partial charge in [-0.2, -0.15) is 0 Å². The van der Waals surface area contributed by atoms with Crippen LogP contribution in [0.2, 0.25) is 4.47 Å². The molecule has 0 aliphatic carbocycles. The Morgan fingerprint density at radius 2 is 1.50 bits per heavy atom. The van der Waals surface area contributed by atoms with Gasteiger partial charge < -0.3 is 0 Å². The molecule has 0 N–H and O–H groups in total. The van der Waals surface area contributed by atoms with Crippen molar-refractivity contribution in [2.45, 2.75) is 26.9 Å². The van der Waals surface area contributed by atoms with Gasteiger partial charge in [0.1, 0.15) is 0 Å². The van der Waals surface area contributed by atoms with Crippen molar-refractivity contribution >= 4 is 20.9 Å². The van der Waals surface area contributed by atoms with Gasteiger partial charge in [0.2, 0.25) is 0 Å². The first-order valence-electron chi connectivity index (χ1n) is 4.55. The van der Waals surface area contributed by atoms with Crippen LogP contribution >= 0.6 is 0 Å². The Hall–Kier alpha value is 0.630. The van der Waals surface area contributed by atoms with E-state index in [-0.39, 0.29) is 0 Å². The molecule has 0 atom stereocenters. The normalized spacial score (nSPS) is 24.9. The van der Waals surface area contributed by atoms with Crippen molar-refractivity contribution in [1.82, 2.24) is 0 Å². The topological polar surface area (TPSA) is 36.9 Å². The van der Waals surface area contributed by atoms with E-state index in [4.69, 9.17) is 18.9 Å². The van der Waals surface area contributed by atoms with Crippen LogP contribution in [-0.2, 0) is 18.9 Å². The number of rotatable bonds is 4. The fourth-order valence-corrected chi connectivity index (χ4v) is 5.48. The molecule has 14 heavy (non-hydrogen) atoms. The van der Waals surface area contributed by atoms with E-state index in [1.165, 1.54) is 4.47 Å². The zero-order valence-corrected chi connectivity index (χ0v) is 11.5. The van der Waals surface area contributed by atoms with E-state index in [1.54, 1.807) is 28.4 Å². The third-order valence-corrected chi connectivity index (χ3v) is 6.94. The minimum absolute atomic E-state index is 0.422. The summed E-state index contributed by atoms with van der Waals surface area (Å²) in [5.74, 6) is -0.711. The van der Waals surface area contributed by atoms with Crippen molar-refractivity contribution in [2.75, 3.05) is 28.4 Å². The molecule has 0 spiro atoms. The van der Waals surface area contributed by atoms with Gasteiger partial charge in [0.15, 0.2) is 0 Å². The van der Waals surface area contributed by atoms with Crippen LogP contribution in [0.5, 0.6) is 0 Å². The number of methoxy groups -OCH3 is 4. The Kier molecular flexibility index (Phi) is 4.63. The Morgan fingerprint density at radius 3 is 1.86 bits per heavy atom. The summed E-state index contributed by atoms with van der Waals surface area (Å²) >= 11 is -0.422. The molecule has 0 saturated carbocycles. The maximum atomic E-state index is 5.51. The van der Waals surface area contributed by atoms with Gasteiger partial charge in [0.05, 0.1) is 0 Å². The molecule has 0 radical (unpaired) electrons. The molecule has 1 heterocycles. The quantitative estimate of drug-likeness (QED) is 0.569. The van der Waals surface area contributed by atoms with Crippen molar-refractivity contribution in [2.24, 2.45) is 0 Å². The average molecular weight is 318 g/mol. The van der Waals surface area contributed by atoms with E-state index in [0.717, 1.165) is 12.8 Å². The van der Waals surface area contributed by atoms with Crippen LogP contribution < -0.4 is 0 Å². The summed E-state index contributed by atoms with van der Waals surface area (Å²) in [4.78, 5) is 0. The van der Waals surface area contributed by atoms with Gasteiger partial charge in [0.25, 0.3) is 0 Å². The Labute approximate surface area is 95.3 Å². The molecule has 1 rings (SSSR count). The van der Waals surface area contributed by atoms with E-state index < -0.39 is 30.5 Å². The first-order valence-corrected chi connectivity index (χ1v) is 7.36. The molecule has 1 fully saturated rings. The summed E-state index contributed by atoms with van der Waals surface area (Å²) in [6.45, 7) is 0. The molecule has 4 nitrogen and oxygen atoms in total. The summed E-state index contributed by atoms with van der Waals surface area (Å²) in [5.41, 5.74) is 0. The van der Waals surface area contributed by atoms with Gasteiger partial charge in [-0.25, -0.2) is 0 Å². The third kappa shape index (κ3) is 1.82. The molecular weight excluding hydrogens is 300 g/mol. The van der Waals surface area contributed by atoms with Crippen LogP contribution in [0.15, 0.2) is 0 Å². The van der Waals surface area contributed by atoms with Gasteiger partial charge >= 0.3 is 95.2 Å². The third-order valence-electron chi connectivity index (χ3n) is 2.61. The summed E-state index contributed by atoms with van der Waals surface area (Å²) < 4.78 is 22.6. The van der Waals surface area contributed by atoms with Crippen LogP contribution in [-0.4, -0.2) is 59.0 Å². The van der Waals surface area contributed by atoms with Crippen molar-refractivity contribution in [3.8, 4) is 0 Å². The average Bonchev–Trinajstić information content (AvgIpc) is 2.28. The Bertz CT molecular complexity index is 158. The second kappa shape index (κ2) is 5.11. The minimum atomic E-state index is -0.711. The second-order valence-electron chi connectivity index (χ2n) is 3.08. The summed E-state index contributed by atoms with van der Waals surface area (Å²) in [6, 6.07) is 0. The zero-order chi connectivity index (χ0) is 10.7. The van der Waals surface area contributed by atoms with Crippen molar-refractivity contribution in [1.29, 1.82) is 0 Å². The van der Waals surface area contributed by atoms with E-state index >= 15 is 0 Å². The summed E-state index contributed by atoms with van der Waals surface area (Å²) in [7, 11) is 6.61. The van der Waals surface area contributed by atoms with Gasteiger partial charge in [-0.3, -0.25) is 0 Å². The molecule has 5 heteroatoms. The molecule has 1 aliphatic heterocycles. The van der Waals surface area contributed by atoms with Gasteiger partial charge in [-0.15, -0.1) is 0 Å². The molecule has 0 aromatic carbocycles. The molecule has 0 unspecified atom stereocenters. The zero-order valence-electron chi connectivity index (χ0n) is 9.16. The molecular formula is C9H18O4Te. The maximum absolute atomic E-state index is 5.51. The standard InChI is InChI=1S/C9H18O4Te/c1-10-8(11-2)6-5-7-14-9(8,12-3)13-4/h5-7H2,1-4H3. The van der Waals surface area contributed by atoms with Crippen LogP contribution in [0.3, 0.4) is 0 Å². The number of hydrogen-bond acceptors (Lipinski definition) is 4. The Balaban J connectivity index is 2.96. The van der Waals surface area contributed by atoms with Gasteiger partial charge in [0, 0.05) is 0 Å². The molecule has 84 valence electrons. The molecule has 1 saturated heterocycles. The fraction of sp³-hybridized carbons (Fsp3) is 1.00. The molecule has 0 aromatic heterocycles. The van der Waals surface area contributed by atoms with Crippen molar-refractivity contribution < 1.29 is 18.9 Å². The Morgan fingerprint density at radius 1 is 0.929 bits per heavy atom. The molecule has 0 bridgehead atoms. The fourth-order valence-electron chi connectivity index (χ4n) is 1.82. The first-order chi connectivity index (χ1) is 6.70. The van der Waals surface area contributed by atoms with Crippen molar-refractivity contribution in [3.05, 3.63) is 0 Å². The van der Waals surface area contributed by atoms with E-state index in [1.807, 2.05) is 0 Å². The summed E-state index contributed by atoms with van der Waals surface area (Å²) in [5, 5.41) is 0. The van der Waals surface area contributed by atoms with Crippen LogP contribution in [0.1, 0.15) is 12.8 Å². The van der Waals surface area contributed by atoms with Crippen molar-refractivity contribution in [3.63, 3.8) is 0 Å². The van der Waals surface area contributed by atoms with Gasteiger partial charge in [-0.05, 0) is 0 Å². The van der Waals surface area contributed by atoms with Crippen LogP contribution in [0.25, 0.3) is 0 Å². The molecule has 0 amide bonds. The van der Waals surface area contributed by atoms with Gasteiger partial charge in [-0.1, -0.05) is 0 Å². The first kappa shape index (κ1) is 12.7. The summed E-state index contributed by atoms with van der Waals surface area (Å²) in [6.07, 6.45) is 1.95. The molecule has 1 aliphatic rings. The monoisotopic (exact) mass is 320 g/mol. The van der Waals surface area contributed by atoms with E-state index in [2.05, 4.69) is 0 Å². The van der Waals surface area contributed by atoms with E-state index in [0.29, 0.717) is 0 Å². The molecule has 0 aromatic rings. The SMILES string of the molecule is COC1(OC)CCC[Te]C1(OC)OC. The second-order valence-corrected chi connectivity index (χ2v) is 6.60. The predicted octanol–water partition coefficient (Wildman–Crippen LogP) is 0.838.